The molecule has 0 saturated heterocycles. The summed E-state index contributed by atoms with van der Waals surface area (Å²) in [4.78, 5) is 20.7. The number of hydrogen-bond donors (Lipinski definition) is 1. The molecule has 0 atom stereocenters. The SMILES string of the molecule is CONC(=O)c1cccnc1SCc1c(C)noc1C. The molecule has 0 unspecified atom stereocenters. The zero-order valence-electron chi connectivity index (χ0n) is 11.5. The molecule has 0 fully saturated rings. The number of hydrogen-bond acceptors (Lipinski definition) is 6. The average Bonchev–Trinajstić information content (AvgIpc) is 2.76. The molecular weight excluding hydrogens is 278 g/mol. The Labute approximate surface area is 120 Å². The number of amides is 1. The van der Waals surface area contributed by atoms with E-state index in [1.165, 1.54) is 18.9 Å². The van der Waals surface area contributed by atoms with Crippen molar-refractivity contribution in [1.29, 1.82) is 0 Å². The van der Waals surface area contributed by atoms with Crippen molar-refractivity contribution in [3.05, 3.63) is 40.9 Å². The molecule has 0 aliphatic rings. The molecule has 20 heavy (non-hydrogen) atoms. The lowest BCUT2D eigenvalue weighted by Gasteiger charge is -2.07. The maximum absolute atomic E-state index is 11.8. The van der Waals surface area contributed by atoms with E-state index >= 15 is 0 Å². The van der Waals surface area contributed by atoms with Gasteiger partial charge in [0, 0.05) is 17.5 Å². The van der Waals surface area contributed by atoms with Crippen molar-refractivity contribution in [1.82, 2.24) is 15.6 Å². The van der Waals surface area contributed by atoms with E-state index < -0.39 is 0 Å². The molecular formula is C13H15N3O3S. The number of aryl methyl sites for hydroxylation is 2. The van der Waals surface area contributed by atoms with Crippen molar-refractivity contribution in [2.45, 2.75) is 24.6 Å². The van der Waals surface area contributed by atoms with Crippen LogP contribution in [0, 0.1) is 13.8 Å². The molecule has 6 nitrogen and oxygen atoms in total. The number of aromatic nitrogens is 2. The van der Waals surface area contributed by atoms with Crippen LogP contribution in [0.25, 0.3) is 0 Å². The molecule has 1 amide bonds. The molecule has 106 valence electrons. The van der Waals surface area contributed by atoms with Gasteiger partial charge >= 0.3 is 0 Å². The van der Waals surface area contributed by atoms with E-state index in [1.54, 1.807) is 18.3 Å². The van der Waals surface area contributed by atoms with Gasteiger partial charge in [0.05, 0.1) is 18.4 Å². The molecule has 0 aromatic carbocycles. The van der Waals surface area contributed by atoms with Gasteiger partial charge in [-0.1, -0.05) is 5.16 Å². The fraction of sp³-hybridized carbons (Fsp3) is 0.308. The predicted molar refractivity (Wildman–Crippen MR) is 74.3 cm³/mol. The summed E-state index contributed by atoms with van der Waals surface area (Å²) in [6.07, 6.45) is 1.65. The summed E-state index contributed by atoms with van der Waals surface area (Å²) < 4.78 is 5.12. The number of thioether (sulfide) groups is 1. The molecule has 7 heteroatoms. The maximum atomic E-state index is 11.8. The lowest BCUT2D eigenvalue weighted by Crippen LogP contribution is -2.22. The van der Waals surface area contributed by atoms with Crippen LogP contribution < -0.4 is 5.48 Å². The van der Waals surface area contributed by atoms with E-state index in [-0.39, 0.29) is 5.91 Å². The summed E-state index contributed by atoms with van der Waals surface area (Å²) in [7, 11) is 1.39. The van der Waals surface area contributed by atoms with Gasteiger partial charge in [0.1, 0.15) is 10.8 Å². The van der Waals surface area contributed by atoms with Crippen LogP contribution in [0.1, 0.15) is 27.4 Å². The molecule has 2 aromatic rings. The van der Waals surface area contributed by atoms with Crippen LogP contribution in [0.5, 0.6) is 0 Å². The standard InChI is InChI=1S/C13H15N3O3S/c1-8-11(9(2)19-15-8)7-20-13-10(5-4-6-14-13)12(17)16-18-3/h4-6H,7H2,1-3H3,(H,16,17). The van der Waals surface area contributed by atoms with E-state index in [0.29, 0.717) is 16.3 Å². The molecule has 0 aliphatic carbocycles. The summed E-state index contributed by atoms with van der Waals surface area (Å²) >= 11 is 1.46. The van der Waals surface area contributed by atoms with E-state index in [4.69, 9.17) is 4.52 Å². The first-order chi connectivity index (χ1) is 9.63. The number of nitrogens with zero attached hydrogens (tertiary/aromatic N) is 2. The van der Waals surface area contributed by atoms with Crippen LogP contribution in [-0.4, -0.2) is 23.2 Å². The van der Waals surface area contributed by atoms with E-state index in [1.807, 2.05) is 13.8 Å². The number of pyridine rings is 1. The molecule has 1 N–H and O–H groups in total. The quantitative estimate of drug-likeness (QED) is 0.673. The highest BCUT2D eigenvalue weighted by atomic mass is 32.2. The minimum absolute atomic E-state index is 0.318. The lowest BCUT2D eigenvalue weighted by atomic mass is 10.2. The maximum Gasteiger partial charge on any atom is 0.277 e. The van der Waals surface area contributed by atoms with Gasteiger partial charge in [0.25, 0.3) is 5.91 Å². The fourth-order valence-electron chi connectivity index (χ4n) is 1.67. The van der Waals surface area contributed by atoms with Gasteiger partial charge in [-0.05, 0) is 26.0 Å². The lowest BCUT2D eigenvalue weighted by molar-refractivity contribution is 0.0534. The Morgan fingerprint density at radius 1 is 1.50 bits per heavy atom. The summed E-state index contributed by atoms with van der Waals surface area (Å²) in [6.45, 7) is 3.76. The van der Waals surface area contributed by atoms with E-state index in [2.05, 4.69) is 20.5 Å². The van der Waals surface area contributed by atoms with Crippen molar-refractivity contribution >= 4 is 17.7 Å². The fourth-order valence-corrected chi connectivity index (χ4v) is 2.82. The number of carbonyl (C=O) groups excluding carboxylic acids is 1. The smallest absolute Gasteiger partial charge is 0.277 e. The van der Waals surface area contributed by atoms with E-state index in [0.717, 1.165) is 17.0 Å². The van der Waals surface area contributed by atoms with E-state index in [9.17, 15) is 4.79 Å². The van der Waals surface area contributed by atoms with Gasteiger partial charge in [-0.3, -0.25) is 9.63 Å². The minimum Gasteiger partial charge on any atom is -0.361 e. The van der Waals surface area contributed by atoms with Crippen molar-refractivity contribution < 1.29 is 14.2 Å². The third kappa shape index (κ3) is 3.17. The minimum atomic E-state index is -0.318. The first-order valence-electron chi connectivity index (χ1n) is 5.96. The Hall–Kier alpha value is -1.86. The molecule has 0 spiro atoms. The Balaban J connectivity index is 2.16. The largest absolute Gasteiger partial charge is 0.361 e. The molecule has 0 bridgehead atoms. The first kappa shape index (κ1) is 14.5. The summed E-state index contributed by atoms with van der Waals surface area (Å²) in [5, 5.41) is 4.55. The monoisotopic (exact) mass is 293 g/mol. The topological polar surface area (TPSA) is 77.2 Å². The van der Waals surface area contributed by atoms with Crippen molar-refractivity contribution in [3.8, 4) is 0 Å². The normalized spacial score (nSPS) is 10.6. The molecule has 0 aliphatic heterocycles. The highest BCUT2D eigenvalue weighted by molar-refractivity contribution is 7.98. The highest BCUT2D eigenvalue weighted by Gasteiger charge is 2.15. The van der Waals surface area contributed by atoms with Gasteiger partial charge < -0.3 is 4.52 Å². The summed E-state index contributed by atoms with van der Waals surface area (Å²) in [5.41, 5.74) is 4.65. The van der Waals surface area contributed by atoms with Gasteiger partial charge in [-0.25, -0.2) is 10.5 Å². The van der Waals surface area contributed by atoms with Crippen LogP contribution in [0.4, 0.5) is 0 Å². The second-order valence-corrected chi connectivity index (χ2v) is 5.05. The number of nitrogens with one attached hydrogen (secondary N) is 1. The molecule has 2 rings (SSSR count). The molecule has 0 saturated carbocycles. The second kappa shape index (κ2) is 6.53. The van der Waals surface area contributed by atoms with Crippen LogP contribution in [0.15, 0.2) is 27.9 Å². The summed E-state index contributed by atoms with van der Waals surface area (Å²) in [6, 6.07) is 3.42. The van der Waals surface area contributed by atoms with Crippen LogP contribution in [0.3, 0.4) is 0 Å². The Morgan fingerprint density at radius 3 is 2.95 bits per heavy atom. The van der Waals surface area contributed by atoms with Crippen molar-refractivity contribution in [2.75, 3.05) is 7.11 Å². The summed E-state index contributed by atoms with van der Waals surface area (Å²) in [5.74, 6) is 1.11. The second-order valence-electron chi connectivity index (χ2n) is 4.08. The highest BCUT2D eigenvalue weighted by Crippen LogP contribution is 2.27. The first-order valence-corrected chi connectivity index (χ1v) is 6.95. The predicted octanol–water partition coefficient (Wildman–Crippen LogP) is 2.27. The molecule has 0 radical (unpaired) electrons. The zero-order chi connectivity index (χ0) is 14.5. The average molecular weight is 293 g/mol. The van der Waals surface area contributed by atoms with Gasteiger partial charge in [0.2, 0.25) is 0 Å². The number of carbonyl (C=O) groups is 1. The Kier molecular flexibility index (Phi) is 4.75. The van der Waals surface area contributed by atoms with Gasteiger partial charge in [-0.15, -0.1) is 11.8 Å². The third-order valence-electron chi connectivity index (χ3n) is 2.74. The van der Waals surface area contributed by atoms with Crippen LogP contribution in [-0.2, 0) is 10.6 Å². The van der Waals surface area contributed by atoms with Gasteiger partial charge in [-0.2, -0.15) is 0 Å². The Bertz CT molecular complexity index is 593. The van der Waals surface area contributed by atoms with Crippen molar-refractivity contribution in [3.63, 3.8) is 0 Å². The zero-order valence-corrected chi connectivity index (χ0v) is 12.3. The van der Waals surface area contributed by atoms with Gasteiger partial charge in [0.15, 0.2) is 0 Å². The van der Waals surface area contributed by atoms with Crippen molar-refractivity contribution in [2.24, 2.45) is 0 Å². The third-order valence-corrected chi connectivity index (χ3v) is 3.78. The van der Waals surface area contributed by atoms with Crippen LogP contribution in [0.2, 0.25) is 0 Å². The molecule has 2 heterocycles. The number of rotatable bonds is 5. The Morgan fingerprint density at radius 2 is 2.30 bits per heavy atom. The van der Waals surface area contributed by atoms with Crippen LogP contribution >= 0.6 is 11.8 Å². The number of hydroxylamine groups is 1. The molecule has 2 aromatic heterocycles.